The lowest BCUT2D eigenvalue weighted by atomic mass is 9.86. The molecule has 118 valence electrons. The summed E-state index contributed by atoms with van der Waals surface area (Å²) >= 11 is 0. The number of hydrogen-bond donors (Lipinski definition) is 2. The van der Waals surface area contributed by atoms with Crippen molar-refractivity contribution in [2.75, 3.05) is 6.61 Å². The smallest absolute Gasteiger partial charge is 0.127 e. The van der Waals surface area contributed by atoms with Crippen LogP contribution in [0.1, 0.15) is 63.1 Å². The molecule has 0 radical (unpaired) electrons. The summed E-state index contributed by atoms with van der Waals surface area (Å²) in [5.41, 5.74) is 3.15. The molecule has 21 heavy (non-hydrogen) atoms. The van der Waals surface area contributed by atoms with Gasteiger partial charge >= 0.3 is 0 Å². The maximum atomic E-state index is 10.3. The average Bonchev–Trinajstić information content (AvgIpc) is 2.47. The molecule has 2 rings (SSSR count). The lowest BCUT2D eigenvalue weighted by Gasteiger charge is -2.37. The topological polar surface area (TPSA) is 49.7 Å². The van der Waals surface area contributed by atoms with Crippen LogP contribution in [-0.2, 0) is 19.3 Å². The van der Waals surface area contributed by atoms with Crippen molar-refractivity contribution in [3.63, 3.8) is 0 Å². The first-order valence-corrected chi connectivity index (χ1v) is 8.21. The van der Waals surface area contributed by atoms with E-state index in [0.717, 1.165) is 61.8 Å². The Labute approximate surface area is 128 Å². The van der Waals surface area contributed by atoms with Crippen LogP contribution in [0.3, 0.4) is 0 Å². The summed E-state index contributed by atoms with van der Waals surface area (Å²) in [6.07, 6.45) is 6.30. The highest BCUT2D eigenvalue weighted by Crippen LogP contribution is 2.42. The van der Waals surface area contributed by atoms with Gasteiger partial charge in [0.2, 0.25) is 0 Å². The van der Waals surface area contributed by atoms with Gasteiger partial charge in [-0.25, -0.2) is 0 Å². The van der Waals surface area contributed by atoms with Crippen LogP contribution in [0, 0.1) is 0 Å². The highest BCUT2D eigenvalue weighted by Gasteiger charge is 2.33. The fourth-order valence-electron chi connectivity index (χ4n) is 3.34. The molecule has 3 heteroatoms. The highest BCUT2D eigenvalue weighted by atomic mass is 16.5. The standard InChI is InChI=1S/C18H28O3/c1-4-7-15-14(5-2)17-13(12-16(15)20)8-10-18(3,21-17)9-6-11-19/h12,19-20H,4-11H2,1-3H3. The molecule has 1 unspecified atom stereocenters. The Kier molecular flexibility index (Phi) is 5.15. The van der Waals surface area contributed by atoms with Crippen molar-refractivity contribution in [1.29, 1.82) is 0 Å². The van der Waals surface area contributed by atoms with Crippen LogP contribution in [0.5, 0.6) is 11.5 Å². The summed E-state index contributed by atoms with van der Waals surface area (Å²) in [6.45, 7) is 6.60. The van der Waals surface area contributed by atoms with Gasteiger partial charge < -0.3 is 14.9 Å². The van der Waals surface area contributed by atoms with Gasteiger partial charge in [-0.3, -0.25) is 0 Å². The Morgan fingerprint density at radius 3 is 2.67 bits per heavy atom. The van der Waals surface area contributed by atoms with Crippen LogP contribution in [0.25, 0.3) is 0 Å². The molecular formula is C18H28O3. The zero-order valence-electron chi connectivity index (χ0n) is 13.5. The highest BCUT2D eigenvalue weighted by molar-refractivity contribution is 5.54. The van der Waals surface area contributed by atoms with E-state index in [0.29, 0.717) is 5.75 Å². The molecular weight excluding hydrogens is 264 g/mol. The summed E-state index contributed by atoms with van der Waals surface area (Å²) in [7, 11) is 0. The number of ether oxygens (including phenoxy) is 1. The van der Waals surface area contributed by atoms with E-state index < -0.39 is 0 Å². The second-order valence-electron chi connectivity index (χ2n) is 6.32. The number of phenolic OH excluding ortho intramolecular Hbond substituents is 1. The largest absolute Gasteiger partial charge is 0.508 e. The molecule has 1 aliphatic heterocycles. The van der Waals surface area contributed by atoms with Crippen LogP contribution in [-0.4, -0.2) is 22.4 Å². The third-order valence-corrected chi connectivity index (χ3v) is 4.54. The molecule has 0 amide bonds. The monoisotopic (exact) mass is 292 g/mol. The van der Waals surface area contributed by atoms with Gasteiger partial charge in [-0.1, -0.05) is 20.3 Å². The van der Waals surface area contributed by atoms with Crippen molar-refractivity contribution < 1.29 is 14.9 Å². The minimum atomic E-state index is -0.194. The van der Waals surface area contributed by atoms with Crippen LogP contribution in [0.4, 0.5) is 0 Å². The SMILES string of the molecule is CCCc1c(O)cc2c(c1CC)OC(C)(CCCO)CC2. The Hall–Kier alpha value is -1.22. The predicted molar refractivity (Wildman–Crippen MR) is 85.2 cm³/mol. The molecule has 1 aromatic carbocycles. The second kappa shape index (κ2) is 6.69. The molecule has 0 bridgehead atoms. The van der Waals surface area contributed by atoms with Crippen LogP contribution >= 0.6 is 0 Å². The van der Waals surface area contributed by atoms with Crippen LogP contribution in [0.2, 0.25) is 0 Å². The van der Waals surface area contributed by atoms with E-state index in [9.17, 15) is 5.11 Å². The summed E-state index contributed by atoms with van der Waals surface area (Å²) in [6, 6.07) is 1.89. The Morgan fingerprint density at radius 1 is 1.29 bits per heavy atom. The number of hydrogen-bond acceptors (Lipinski definition) is 3. The van der Waals surface area contributed by atoms with E-state index in [1.165, 1.54) is 5.56 Å². The predicted octanol–water partition coefficient (Wildman–Crippen LogP) is 3.76. The minimum absolute atomic E-state index is 0.194. The molecule has 1 atom stereocenters. The quantitative estimate of drug-likeness (QED) is 0.839. The fourth-order valence-corrected chi connectivity index (χ4v) is 3.34. The van der Waals surface area contributed by atoms with Gasteiger partial charge in [-0.15, -0.1) is 0 Å². The third-order valence-electron chi connectivity index (χ3n) is 4.54. The van der Waals surface area contributed by atoms with E-state index >= 15 is 0 Å². The molecule has 0 aromatic heterocycles. The Morgan fingerprint density at radius 2 is 2.05 bits per heavy atom. The number of phenols is 1. The molecule has 0 spiro atoms. The molecule has 1 aromatic rings. The lowest BCUT2D eigenvalue weighted by molar-refractivity contribution is 0.0477. The first-order valence-electron chi connectivity index (χ1n) is 8.21. The van der Waals surface area contributed by atoms with E-state index in [1.54, 1.807) is 0 Å². The van der Waals surface area contributed by atoms with E-state index in [1.807, 2.05) is 6.07 Å². The first kappa shape index (κ1) is 16.2. The third kappa shape index (κ3) is 3.34. The maximum Gasteiger partial charge on any atom is 0.127 e. The van der Waals surface area contributed by atoms with Gasteiger partial charge in [-0.05, 0) is 57.1 Å². The molecule has 2 N–H and O–H groups in total. The first-order chi connectivity index (χ1) is 10.0. The zero-order valence-corrected chi connectivity index (χ0v) is 13.5. The lowest BCUT2D eigenvalue weighted by Crippen LogP contribution is -2.37. The van der Waals surface area contributed by atoms with Gasteiger partial charge in [0.1, 0.15) is 17.1 Å². The van der Waals surface area contributed by atoms with Gasteiger partial charge in [-0.2, -0.15) is 0 Å². The summed E-state index contributed by atoms with van der Waals surface area (Å²) in [5.74, 6) is 1.42. The molecule has 0 saturated carbocycles. The number of fused-ring (bicyclic) bond motifs is 1. The maximum absolute atomic E-state index is 10.3. The average molecular weight is 292 g/mol. The van der Waals surface area contributed by atoms with Crippen molar-refractivity contribution >= 4 is 0 Å². The Bertz CT molecular complexity index is 496. The van der Waals surface area contributed by atoms with Crippen molar-refractivity contribution in [3.8, 4) is 11.5 Å². The van der Waals surface area contributed by atoms with Gasteiger partial charge in [0.25, 0.3) is 0 Å². The summed E-state index contributed by atoms with van der Waals surface area (Å²) < 4.78 is 6.36. The number of rotatable bonds is 6. The molecule has 1 heterocycles. The van der Waals surface area contributed by atoms with E-state index in [2.05, 4.69) is 20.8 Å². The van der Waals surface area contributed by atoms with E-state index in [-0.39, 0.29) is 12.2 Å². The van der Waals surface area contributed by atoms with Crippen LogP contribution in [0.15, 0.2) is 6.07 Å². The molecule has 1 aliphatic rings. The second-order valence-corrected chi connectivity index (χ2v) is 6.32. The molecule has 0 fully saturated rings. The van der Waals surface area contributed by atoms with Crippen molar-refractivity contribution in [3.05, 3.63) is 22.8 Å². The summed E-state index contributed by atoms with van der Waals surface area (Å²) in [4.78, 5) is 0. The number of benzene rings is 1. The van der Waals surface area contributed by atoms with E-state index in [4.69, 9.17) is 9.84 Å². The number of aromatic hydroxyl groups is 1. The van der Waals surface area contributed by atoms with Crippen molar-refractivity contribution in [2.24, 2.45) is 0 Å². The van der Waals surface area contributed by atoms with Crippen molar-refractivity contribution in [2.45, 2.75) is 71.3 Å². The van der Waals surface area contributed by atoms with Gasteiger partial charge in [0.05, 0.1) is 0 Å². The molecule has 3 nitrogen and oxygen atoms in total. The van der Waals surface area contributed by atoms with Crippen molar-refractivity contribution in [1.82, 2.24) is 0 Å². The number of aryl methyl sites for hydroxylation is 1. The number of aliphatic hydroxyl groups excluding tert-OH is 1. The fraction of sp³-hybridized carbons (Fsp3) is 0.667. The normalized spacial score (nSPS) is 21.0. The summed E-state index contributed by atoms with van der Waals surface area (Å²) in [5, 5.41) is 19.4. The minimum Gasteiger partial charge on any atom is -0.508 e. The Balaban J connectivity index is 2.38. The molecule has 0 saturated heterocycles. The van der Waals surface area contributed by atoms with Gasteiger partial charge in [0, 0.05) is 17.7 Å². The molecule has 0 aliphatic carbocycles. The van der Waals surface area contributed by atoms with Gasteiger partial charge in [0.15, 0.2) is 0 Å². The zero-order chi connectivity index (χ0) is 15.5. The van der Waals surface area contributed by atoms with Crippen LogP contribution < -0.4 is 4.74 Å². The number of aliphatic hydroxyl groups is 1.